The van der Waals surface area contributed by atoms with Gasteiger partial charge in [0.1, 0.15) is 18.3 Å². The van der Waals surface area contributed by atoms with Crippen LogP contribution in [0.3, 0.4) is 0 Å². The highest BCUT2D eigenvalue weighted by Gasteiger charge is 2.48. The maximum Gasteiger partial charge on any atom is 0.326 e. The highest BCUT2D eigenvalue weighted by Crippen LogP contribution is 2.24. The number of imide groups is 1. The summed E-state index contributed by atoms with van der Waals surface area (Å²) < 4.78 is 5.08. The average Bonchev–Trinajstić information content (AvgIpc) is 2.61. The summed E-state index contributed by atoms with van der Waals surface area (Å²) in [5.74, 6) is -1.88. The predicted octanol–water partition coefficient (Wildman–Crippen LogP) is -3.45. The van der Waals surface area contributed by atoms with Crippen molar-refractivity contribution in [2.75, 3.05) is 13.2 Å². The molecule has 2 aliphatic rings. The summed E-state index contributed by atoms with van der Waals surface area (Å²) in [5, 5.41) is 29.9. The lowest BCUT2D eigenvalue weighted by atomic mass is 10.1. The molecule has 0 aromatic heterocycles. The van der Waals surface area contributed by atoms with Crippen LogP contribution in [-0.2, 0) is 14.3 Å². The van der Waals surface area contributed by atoms with Crippen molar-refractivity contribution >= 4 is 17.7 Å². The van der Waals surface area contributed by atoms with Crippen LogP contribution in [0.1, 0.15) is 0 Å². The van der Waals surface area contributed by atoms with Crippen LogP contribution in [0.25, 0.3) is 0 Å². The van der Waals surface area contributed by atoms with Gasteiger partial charge in [-0.2, -0.15) is 0 Å². The summed E-state index contributed by atoms with van der Waals surface area (Å²) in [6.07, 6.45) is -5.17. The first kappa shape index (κ1) is 12.9. The van der Waals surface area contributed by atoms with Gasteiger partial charge >= 0.3 is 6.03 Å². The van der Waals surface area contributed by atoms with E-state index < -0.39 is 55.4 Å². The summed E-state index contributed by atoms with van der Waals surface area (Å²) in [5.41, 5.74) is 0. The van der Waals surface area contributed by atoms with Crippen LogP contribution >= 0.6 is 0 Å². The lowest BCUT2D eigenvalue weighted by Crippen LogP contribution is -2.60. The van der Waals surface area contributed by atoms with Crippen molar-refractivity contribution < 1.29 is 34.4 Å². The van der Waals surface area contributed by atoms with E-state index in [1.807, 2.05) is 0 Å². The van der Waals surface area contributed by atoms with Crippen molar-refractivity contribution in [2.24, 2.45) is 0 Å². The molecule has 18 heavy (non-hydrogen) atoms. The third-order valence-electron chi connectivity index (χ3n) is 2.87. The number of rotatable bonds is 2. The maximum atomic E-state index is 11.5. The molecule has 2 heterocycles. The summed E-state index contributed by atoms with van der Waals surface area (Å²) in [7, 11) is 0. The van der Waals surface area contributed by atoms with Gasteiger partial charge in [-0.05, 0) is 0 Å². The van der Waals surface area contributed by atoms with Crippen LogP contribution in [0.2, 0.25) is 0 Å². The monoisotopic (exact) mass is 260 g/mol. The lowest BCUT2D eigenvalue weighted by Gasteiger charge is -2.31. The Morgan fingerprint density at radius 2 is 1.94 bits per heavy atom. The number of Topliss-reactive ketones (excluding diaryl/α,β-unsaturated/α-hetero) is 1. The van der Waals surface area contributed by atoms with E-state index in [0.29, 0.717) is 0 Å². The van der Waals surface area contributed by atoms with E-state index in [-0.39, 0.29) is 0 Å². The zero-order valence-electron chi connectivity index (χ0n) is 9.15. The topological polar surface area (TPSA) is 136 Å². The molecule has 0 bridgehead atoms. The van der Waals surface area contributed by atoms with Gasteiger partial charge in [0.25, 0.3) is 5.91 Å². The molecule has 2 fully saturated rings. The van der Waals surface area contributed by atoms with Gasteiger partial charge in [-0.3, -0.25) is 19.8 Å². The number of urea groups is 1. The van der Waals surface area contributed by atoms with Gasteiger partial charge in [-0.25, -0.2) is 4.79 Å². The smallest absolute Gasteiger partial charge is 0.326 e. The first-order valence-electron chi connectivity index (χ1n) is 5.23. The fourth-order valence-electron chi connectivity index (χ4n) is 1.88. The van der Waals surface area contributed by atoms with Gasteiger partial charge in [0, 0.05) is 0 Å². The molecule has 100 valence electrons. The molecule has 2 rings (SSSR count). The Morgan fingerprint density at radius 1 is 1.28 bits per heavy atom. The third-order valence-corrected chi connectivity index (χ3v) is 2.87. The highest BCUT2D eigenvalue weighted by atomic mass is 16.6. The fourth-order valence-corrected chi connectivity index (χ4v) is 1.88. The van der Waals surface area contributed by atoms with E-state index in [0.717, 1.165) is 4.90 Å². The molecule has 4 N–H and O–H groups in total. The Kier molecular flexibility index (Phi) is 3.30. The molecule has 2 aliphatic heterocycles. The van der Waals surface area contributed by atoms with E-state index in [4.69, 9.17) is 9.84 Å². The zero-order chi connectivity index (χ0) is 13.4. The molecule has 0 aromatic rings. The molecule has 0 spiro atoms. The molecule has 2 saturated heterocycles. The van der Waals surface area contributed by atoms with Crippen LogP contribution in [0, 0.1) is 0 Å². The first-order chi connectivity index (χ1) is 8.45. The number of ketones is 1. The number of carbonyl (C=O) groups is 3. The number of hydrogen-bond donors (Lipinski definition) is 4. The molecular weight excluding hydrogens is 248 g/mol. The minimum absolute atomic E-state index is 0.544. The van der Waals surface area contributed by atoms with Gasteiger partial charge in [0.2, 0.25) is 5.78 Å². The highest BCUT2D eigenvalue weighted by molar-refractivity contribution is 6.41. The molecule has 0 unspecified atom stereocenters. The Hall–Kier alpha value is -1.55. The van der Waals surface area contributed by atoms with E-state index in [1.54, 1.807) is 5.32 Å². The number of hydrogen-bond acceptors (Lipinski definition) is 7. The number of aliphatic hydroxyl groups excluding tert-OH is 3. The molecule has 4 atom stereocenters. The average molecular weight is 260 g/mol. The van der Waals surface area contributed by atoms with Gasteiger partial charge in [-0.1, -0.05) is 0 Å². The van der Waals surface area contributed by atoms with Crippen molar-refractivity contribution in [3.05, 3.63) is 0 Å². The molecule has 3 amide bonds. The zero-order valence-corrected chi connectivity index (χ0v) is 9.15. The Balaban J connectivity index is 2.14. The van der Waals surface area contributed by atoms with Crippen LogP contribution in [0.5, 0.6) is 0 Å². The second-order valence-corrected chi connectivity index (χ2v) is 4.04. The molecule has 9 heteroatoms. The van der Waals surface area contributed by atoms with Gasteiger partial charge < -0.3 is 20.1 Å². The van der Waals surface area contributed by atoms with Crippen molar-refractivity contribution in [3.63, 3.8) is 0 Å². The Bertz CT molecular complexity index is 398. The maximum absolute atomic E-state index is 11.5. The minimum Gasteiger partial charge on any atom is -0.394 e. The quantitative estimate of drug-likeness (QED) is 0.379. The number of aliphatic hydroxyl groups is 3. The predicted molar refractivity (Wildman–Crippen MR) is 53.0 cm³/mol. The van der Waals surface area contributed by atoms with Crippen molar-refractivity contribution in [3.8, 4) is 0 Å². The van der Waals surface area contributed by atoms with E-state index in [9.17, 15) is 24.6 Å². The molecule has 0 radical (unpaired) electrons. The number of nitrogens with zero attached hydrogens (tertiary/aromatic N) is 1. The van der Waals surface area contributed by atoms with Crippen LogP contribution < -0.4 is 5.32 Å². The Labute approximate surface area is 101 Å². The SMILES string of the molecule is O=C1CN([C@H]2O[C@@H](CO)[C@@H](O)[C@@H]2O)C(=O)NC1=O. The molecule has 9 nitrogen and oxygen atoms in total. The second kappa shape index (κ2) is 4.61. The number of nitrogens with one attached hydrogen (secondary N) is 1. The lowest BCUT2D eigenvalue weighted by molar-refractivity contribution is -0.143. The fraction of sp³-hybridized carbons (Fsp3) is 0.667. The van der Waals surface area contributed by atoms with E-state index >= 15 is 0 Å². The van der Waals surface area contributed by atoms with Crippen LogP contribution in [0.15, 0.2) is 0 Å². The molecule has 0 aliphatic carbocycles. The molecule has 0 aromatic carbocycles. The summed E-state index contributed by atoms with van der Waals surface area (Å²) in [4.78, 5) is 34.4. The normalized spacial score (nSPS) is 37.1. The van der Waals surface area contributed by atoms with Crippen molar-refractivity contribution in [1.82, 2.24) is 10.2 Å². The summed E-state index contributed by atoms with van der Waals surface area (Å²) in [6.45, 7) is -1.09. The second-order valence-electron chi connectivity index (χ2n) is 4.04. The number of carbonyl (C=O) groups excluding carboxylic acids is 3. The van der Waals surface area contributed by atoms with Crippen molar-refractivity contribution in [2.45, 2.75) is 24.5 Å². The molecule has 0 saturated carbocycles. The van der Waals surface area contributed by atoms with Crippen LogP contribution in [0.4, 0.5) is 4.79 Å². The van der Waals surface area contributed by atoms with Gasteiger partial charge in [0.05, 0.1) is 13.2 Å². The van der Waals surface area contributed by atoms with E-state index in [2.05, 4.69) is 0 Å². The summed E-state index contributed by atoms with van der Waals surface area (Å²) >= 11 is 0. The number of ether oxygens (including phenoxy) is 1. The third kappa shape index (κ3) is 1.97. The minimum atomic E-state index is -1.46. The molecular formula is C9H12N2O7. The van der Waals surface area contributed by atoms with E-state index in [1.165, 1.54) is 0 Å². The summed E-state index contributed by atoms with van der Waals surface area (Å²) in [6, 6.07) is -0.894. The van der Waals surface area contributed by atoms with Gasteiger partial charge in [0.15, 0.2) is 6.23 Å². The first-order valence-corrected chi connectivity index (χ1v) is 5.23. The standard InChI is InChI=1S/C9H12N2O7/c12-2-4-5(14)6(15)8(18-4)11-1-3(13)7(16)10-9(11)17/h4-6,8,12,14-15H,1-2H2,(H,10,16,17)/t4-,5+,6-,8-/m0/s1. The number of amides is 3. The largest absolute Gasteiger partial charge is 0.394 e. The van der Waals surface area contributed by atoms with Crippen LogP contribution in [-0.4, -0.2) is 75.6 Å². The van der Waals surface area contributed by atoms with Crippen molar-refractivity contribution in [1.29, 1.82) is 0 Å². The Morgan fingerprint density at radius 3 is 2.50 bits per heavy atom. The van der Waals surface area contributed by atoms with Gasteiger partial charge in [-0.15, -0.1) is 0 Å².